The molecule has 214 valence electrons. The maximum Gasteiger partial charge on any atom is 0.351 e. The smallest absolute Gasteiger partial charge is 0.351 e. The van der Waals surface area contributed by atoms with Gasteiger partial charge in [0.25, 0.3) is 0 Å². The first-order valence-electron chi connectivity index (χ1n) is 12.0. The third kappa shape index (κ3) is 7.02. The van der Waals surface area contributed by atoms with E-state index in [-0.39, 0.29) is 27.4 Å². The fourth-order valence-electron chi connectivity index (χ4n) is 4.47. The highest BCUT2D eigenvalue weighted by Crippen LogP contribution is 2.46. The van der Waals surface area contributed by atoms with Crippen LogP contribution in [0.2, 0.25) is 15.1 Å². The summed E-state index contributed by atoms with van der Waals surface area (Å²) in [6.45, 7) is 0.598. The van der Waals surface area contributed by atoms with Gasteiger partial charge in [-0.1, -0.05) is 46.9 Å². The highest BCUT2D eigenvalue weighted by molar-refractivity contribution is 7.92. The number of carbonyl (C=O) groups is 2. The summed E-state index contributed by atoms with van der Waals surface area (Å²) in [5.74, 6) is -2.41. The third-order valence-electron chi connectivity index (χ3n) is 6.09. The van der Waals surface area contributed by atoms with Crippen molar-refractivity contribution in [3.8, 4) is 16.2 Å². The summed E-state index contributed by atoms with van der Waals surface area (Å²) in [4.78, 5) is 23.9. The number of hydrogen-bond donors (Lipinski definition) is 2. The number of piperidine rings is 1. The van der Waals surface area contributed by atoms with Crippen molar-refractivity contribution in [2.24, 2.45) is 0 Å². The zero-order valence-corrected chi connectivity index (χ0v) is 25.1. The molecule has 2 N–H and O–H groups in total. The van der Waals surface area contributed by atoms with Crippen molar-refractivity contribution in [1.82, 2.24) is 5.32 Å². The molecule has 14 heteroatoms. The van der Waals surface area contributed by atoms with Crippen LogP contribution >= 0.6 is 46.1 Å². The van der Waals surface area contributed by atoms with E-state index in [1.54, 1.807) is 36.4 Å². The molecule has 1 aliphatic heterocycles. The standard InChI is InChI=1S/C26H25Cl3N2O7S2/c1-37-26(34)25-23(38-13-21(32)33)22(29)24(39-25)16-3-2-4-20(11-16)31(19-5-7-30-8-6-19)40(35,36)14-15-9-17(27)12-18(28)10-15/h2-4,9-12,19,30H,5-8,13-14H2,1H3,(H,32,33). The largest absolute Gasteiger partial charge is 0.479 e. The van der Waals surface area contributed by atoms with Crippen molar-refractivity contribution in [2.75, 3.05) is 31.1 Å². The van der Waals surface area contributed by atoms with Crippen LogP contribution in [-0.2, 0) is 25.3 Å². The molecule has 40 heavy (non-hydrogen) atoms. The van der Waals surface area contributed by atoms with Crippen LogP contribution in [0.1, 0.15) is 28.1 Å². The second kappa shape index (κ2) is 13.0. The summed E-state index contributed by atoms with van der Waals surface area (Å²) in [5.41, 5.74) is 1.38. The maximum atomic E-state index is 13.9. The quantitative estimate of drug-likeness (QED) is 0.268. The van der Waals surface area contributed by atoms with Crippen LogP contribution in [0, 0.1) is 0 Å². The van der Waals surface area contributed by atoms with Gasteiger partial charge in [0.2, 0.25) is 10.0 Å². The molecule has 2 heterocycles. The Bertz CT molecular complexity index is 1500. The predicted molar refractivity (Wildman–Crippen MR) is 157 cm³/mol. The first-order chi connectivity index (χ1) is 19.0. The van der Waals surface area contributed by atoms with Crippen molar-refractivity contribution in [3.05, 3.63) is 68.0 Å². The molecule has 0 saturated carbocycles. The molecule has 0 atom stereocenters. The average molecular weight is 648 g/mol. The number of ether oxygens (including phenoxy) is 2. The summed E-state index contributed by atoms with van der Waals surface area (Å²) in [6, 6.07) is 11.1. The van der Waals surface area contributed by atoms with Gasteiger partial charge in [0.05, 0.1) is 23.4 Å². The van der Waals surface area contributed by atoms with Gasteiger partial charge in [0, 0.05) is 16.1 Å². The van der Waals surface area contributed by atoms with E-state index >= 15 is 0 Å². The maximum absolute atomic E-state index is 13.9. The number of aliphatic carboxylic acids is 1. The molecule has 0 spiro atoms. The summed E-state index contributed by atoms with van der Waals surface area (Å²) in [6.07, 6.45) is 1.19. The lowest BCUT2D eigenvalue weighted by atomic mass is 10.1. The Morgan fingerprint density at radius 2 is 1.77 bits per heavy atom. The number of carboxylic acid groups (broad SMARTS) is 1. The monoisotopic (exact) mass is 646 g/mol. The number of halogens is 3. The minimum absolute atomic E-state index is 0.00480. The van der Waals surface area contributed by atoms with E-state index in [1.807, 2.05) is 0 Å². The Balaban J connectivity index is 1.78. The lowest BCUT2D eigenvalue weighted by Gasteiger charge is -2.35. The number of nitrogens with zero attached hydrogens (tertiary/aromatic N) is 1. The van der Waals surface area contributed by atoms with Gasteiger partial charge in [-0.25, -0.2) is 18.0 Å². The number of thiophene rings is 1. The van der Waals surface area contributed by atoms with Gasteiger partial charge >= 0.3 is 11.9 Å². The lowest BCUT2D eigenvalue weighted by molar-refractivity contribution is -0.139. The van der Waals surface area contributed by atoms with Gasteiger partial charge in [0.15, 0.2) is 17.2 Å². The van der Waals surface area contributed by atoms with Crippen molar-refractivity contribution in [1.29, 1.82) is 0 Å². The lowest BCUT2D eigenvalue weighted by Crippen LogP contribution is -2.46. The van der Waals surface area contributed by atoms with Crippen LogP contribution < -0.4 is 14.4 Å². The highest BCUT2D eigenvalue weighted by atomic mass is 35.5. The number of hydrogen-bond acceptors (Lipinski definition) is 8. The molecule has 0 radical (unpaired) electrons. The molecule has 0 unspecified atom stereocenters. The number of esters is 1. The molecule has 1 saturated heterocycles. The summed E-state index contributed by atoms with van der Waals surface area (Å²) >= 11 is 19.8. The van der Waals surface area contributed by atoms with E-state index in [0.29, 0.717) is 57.7 Å². The fraction of sp³-hybridized carbons (Fsp3) is 0.308. The normalized spacial score (nSPS) is 14.1. The minimum atomic E-state index is -3.91. The molecular formula is C26H25Cl3N2O7S2. The van der Waals surface area contributed by atoms with Gasteiger partial charge < -0.3 is 19.9 Å². The molecule has 0 amide bonds. The number of benzene rings is 2. The Morgan fingerprint density at radius 1 is 1.10 bits per heavy atom. The van der Waals surface area contributed by atoms with Crippen molar-refractivity contribution in [2.45, 2.75) is 24.6 Å². The van der Waals surface area contributed by atoms with Crippen LogP contribution in [0.25, 0.3) is 10.4 Å². The highest BCUT2D eigenvalue weighted by Gasteiger charge is 2.33. The topological polar surface area (TPSA) is 122 Å². The van der Waals surface area contributed by atoms with Gasteiger partial charge in [-0.05, 0) is 67.4 Å². The van der Waals surface area contributed by atoms with Crippen LogP contribution in [-0.4, -0.2) is 58.3 Å². The number of sulfonamides is 1. The Hall–Kier alpha value is -2.54. The van der Waals surface area contributed by atoms with Gasteiger partial charge in [0.1, 0.15) is 5.02 Å². The Kier molecular flexibility index (Phi) is 9.86. The molecule has 1 fully saturated rings. The van der Waals surface area contributed by atoms with Crippen LogP contribution in [0.15, 0.2) is 42.5 Å². The Labute approximate surface area is 250 Å². The summed E-state index contributed by atoms with van der Waals surface area (Å²) < 4.78 is 39.4. The SMILES string of the molecule is COC(=O)c1sc(-c2cccc(N(C3CCNCC3)S(=O)(=O)Cc3cc(Cl)cc(Cl)c3)c2)c(Cl)c1OCC(=O)O. The summed E-state index contributed by atoms with van der Waals surface area (Å²) in [7, 11) is -2.73. The molecule has 0 aliphatic carbocycles. The first-order valence-corrected chi connectivity index (χ1v) is 15.6. The minimum Gasteiger partial charge on any atom is -0.479 e. The number of nitrogens with one attached hydrogen (secondary N) is 1. The van der Waals surface area contributed by atoms with E-state index in [9.17, 15) is 18.0 Å². The number of methoxy groups -OCH3 is 1. The van der Waals surface area contributed by atoms with E-state index in [0.717, 1.165) is 11.3 Å². The molecule has 0 bridgehead atoms. The van der Waals surface area contributed by atoms with Gasteiger partial charge in [-0.15, -0.1) is 11.3 Å². The van der Waals surface area contributed by atoms with Crippen molar-refractivity contribution in [3.63, 3.8) is 0 Å². The van der Waals surface area contributed by atoms with E-state index < -0.39 is 28.6 Å². The number of rotatable bonds is 10. The molecular weight excluding hydrogens is 623 g/mol. The third-order valence-corrected chi connectivity index (χ3v) is 10.0. The number of anilines is 1. The predicted octanol–water partition coefficient (Wildman–Crippen LogP) is 5.71. The second-order valence-corrected chi connectivity index (χ2v) is 13.1. The van der Waals surface area contributed by atoms with E-state index in [4.69, 9.17) is 49.4 Å². The fourth-order valence-corrected chi connectivity index (χ4v) is 8.35. The number of carboxylic acids is 1. The zero-order chi connectivity index (χ0) is 29.0. The molecule has 9 nitrogen and oxygen atoms in total. The van der Waals surface area contributed by atoms with Crippen molar-refractivity contribution >= 4 is 73.8 Å². The number of carbonyl (C=O) groups excluding carboxylic acids is 1. The molecule has 4 rings (SSSR count). The van der Waals surface area contributed by atoms with Gasteiger partial charge in [-0.2, -0.15) is 0 Å². The van der Waals surface area contributed by atoms with Crippen LogP contribution in [0.4, 0.5) is 5.69 Å². The van der Waals surface area contributed by atoms with Gasteiger partial charge in [-0.3, -0.25) is 4.31 Å². The van der Waals surface area contributed by atoms with Crippen LogP contribution in [0.3, 0.4) is 0 Å². The van der Waals surface area contributed by atoms with E-state index in [1.165, 1.54) is 17.5 Å². The Morgan fingerprint density at radius 3 is 2.40 bits per heavy atom. The van der Waals surface area contributed by atoms with Crippen LogP contribution in [0.5, 0.6) is 5.75 Å². The average Bonchev–Trinajstić information content (AvgIpc) is 3.22. The second-order valence-electron chi connectivity index (χ2n) is 8.94. The zero-order valence-electron chi connectivity index (χ0n) is 21.2. The summed E-state index contributed by atoms with van der Waals surface area (Å²) in [5, 5.41) is 13.0. The van der Waals surface area contributed by atoms with E-state index in [2.05, 4.69) is 5.32 Å². The molecule has 1 aliphatic rings. The molecule has 3 aromatic rings. The van der Waals surface area contributed by atoms with Crippen molar-refractivity contribution < 1.29 is 32.6 Å². The molecule has 1 aromatic heterocycles. The first kappa shape index (κ1) is 30.4. The molecule has 2 aromatic carbocycles.